The number of hydrogen-bond donors (Lipinski definition) is 1. The smallest absolute Gasteiger partial charge is 0.335 e. The first-order chi connectivity index (χ1) is 15.1. The molecule has 0 atom stereocenters. The van der Waals surface area contributed by atoms with Gasteiger partial charge >= 0.3 is 5.97 Å². The van der Waals surface area contributed by atoms with Gasteiger partial charge in [0.2, 0.25) is 5.09 Å². The van der Waals surface area contributed by atoms with Crippen LogP contribution in [0.25, 0.3) is 0 Å². The van der Waals surface area contributed by atoms with Gasteiger partial charge in [-0.3, -0.25) is 4.31 Å². The van der Waals surface area contributed by atoms with Gasteiger partial charge in [-0.1, -0.05) is 18.2 Å². The molecular formula is C24H25NO6S. The van der Waals surface area contributed by atoms with Gasteiger partial charge in [0.1, 0.15) is 18.1 Å². The van der Waals surface area contributed by atoms with Crippen LogP contribution in [0.1, 0.15) is 32.8 Å². The van der Waals surface area contributed by atoms with Crippen molar-refractivity contribution in [1.82, 2.24) is 0 Å². The van der Waals surface area contributed by atoms with Gasteiger partial charge in [-0.25, -0.2) is 4.79 Å². The molecule has 8 heteroatoms. The minimum Gasteiger partial charge on any atom is -0.487 e. The Morgan fingerprint density at radius 2 is 1.75 bits per heavy atom. The number of carboxylic acid groups (broad SMARTS) is 1. The Hall–Kier alpha value is -3.52. The number of benzene rings is 2. The van der Waals surface area contributed by atoms with Crippen LogP contribution < -0.4 is 9.04 Å². The average Bonchev–Trinajstić information content (AvgIpc) is 3.20. The summed E-state index contributed by atoms with van der Waals surface area (Å²) in [6.45, 7) is 9.34. The normalized spacial score (nSPS) is 11.2. The van der Waals surface area contributed by atoms with E-state index in [1.165, 1.54) is 28.6 Å². The highest BCUT2D eigenvalue weighted by molar-refractivity contribution is 7.92. The van der Waals surface area contributed by atoms with Crippen LogP contribution in [0.15, 0.2) is 70.7 Å². The monoisotopic (exact) mass is 455 g/mol. The Labute approximate surface area is 187 Å². The van der Waals surface area contributed by atoms with E-state index in [1.807, 2.05) is 13.8 Å². The molecule has 3 aromatic rings. The van der Waals surface area contributed by atoms with Crippen LogP contribution in [0.3, 0.4) is 0 Å². The van der Waals surface area contributed by atoms with Crippen molar-refractivity contribution in [3.63, 3.8) is 0 Å². The van der Waals surface area contributed by atoms with Crippen molar-refractivity contribution in [2.24, 2.45) is 0 Å². The van der Waals surface area contributed by atoms with E-state index < -0.39 is 16.0 Å². The van der Waals surface area contributed by atoms with E-state index in [1.54, 1.807) is 37.3 Å². The van der Waals surface area contributed by atoms with Crippen LogP contribution in [-0.4, -0.2) is 26.0 Å². The maximum Gasteiger partial charge on any atom is 0.335 e. The van der Waals surface area contributed by atoms with E-state index in [0.717, 1.165) is 16.7 Å². The summed E-state index contributed by atoms with van der Waals surface area (Å²) in [5.41, 5.74) is 3.13. The second kappa shape index (κ2) is 9.32. The first-order valence-corrected chi connectivity index (χ1v) is 11.3. The van der Waals surface area contributed by atoms with E-state index >= 15 is 0 Å². The number of rotatable bonds is 9. The number of aryl methyl sites for hydroxylation is 3. The predicted octanol–water partition coefficient (Wildman–Crippen LogP) is 4.86. The van der Waals surface area contributed by atoms with Gasteiger partial charge in [0.25, 0.3) is 10.0 Å². The fourth-order valence-corrected chi connectivity index (χ4v) is 4.49. The largest absolute Gasteiger partial charge is 0.487 e. The predicted molar refractivity (Wildman–Crippen MR) is 122 cm³/mol. The molecule has 0 saturated heterocycles. The number of furan rings is 1. The van der Waals surface area contributed by atoms with E-state index in [2.05, 4.69) is 6.58 Å². The van der Waals surface area contributed by atoms with Gasteiger partial charge in [-0.15, -0.1) is 6.58 Å². The van der Waals surface area contributed by atoms with Gasteiger partial charge < -0.3 is 14.3 Å². The van der Waals surface area contributed by atoms with Crippen molar-refractivity contribution < 1.29 is 27.5 Å². The zero-order valence-corrected chi connectivity index (χ0v) is 19.0. The topological polar surface area (TPSA) is 97.0 Å². The molecular weight excluding hydrogens is 430 g/mol. The molecule has 1 aromatic heterocycles. The second-order valence-corrected chi connectivity index (χ2v) is 9.18. The quantitative estimate of drug-likeness (QED) is 0.463. The maximum absolute atomic E-state index is 13.3. The molecule has 0 fully saturated rings. The fourth-order valence-electron chi connectivity index (χ4n) is 3.09. The molecule has 168 valence electrons. The molecule has 0 spiro atoms. The average molecular weight is 456 g/mol. The number of sulfonamides is 1. The lowest BCUT2D eigenvalue weighted by atomic mass is 10.1. The Bertz CT molecular complexity index is 1240. The van der Waals surface area contributed by atoms with Gasteiger partial charge in [0, 0.05) is 0 Å². The number of ether oxygens (including phenoxy) is 1. The van der Waals surface area contributed by atoms with E-state index in [9.17, 15) is 13.2 Å². The third kappa shape index (κ3) is 4.86. The Morgan fingerprint density at radius 3 is 2.31 bits per heavy atom. The summed E-state index contributed by atoms with van der Waals surface area (Å²) in [5.74, 6) is -0.139. The summed E-state index contributed by atoms with van der Waals surface area (Å²) in [7, 11) is -4.00. The molecule has 0 aliphatic heterocycles. The molecule has 1 heterocycles. The molecule has 1 N–H and O–H groups in total. The van der Waals surface area contributed by atoms with Crippen molar-refractivity contribution in [1.29, 1.82) is 0 Å². The first kappa shape index (κ1) is 23.1. The van der Waals surface area contributed by atoms with Crippen molar-refractivity contribution in [2.75, 3.05) is 10.8 Å². The zero-order valence-electron chi connectivity index (χ0n) is 18.2. The third-order valence-electron chi connectivity index (χ3n) is 4.99. The molecule has 3 rings (SSSR count). The van der Waals surface area contributed by atoms with Crippen LogP contribution in [-0.2, 0) is 16.6 Å². The number of anilines is 1. The van der Waals surface area contributed by atoms with E-state index in [-0.39, 0.29) is 23.8 Å². The number of aromatic carboxylic acids is 1. The molecule has 0 amide bonds. The van der Waals surface area contributed by atoms with E-state index in [0.29, 0.717) is 17.2 Å². The first-order valence-electron chi connectivity index (χ1n) is 9.90. The second-order valence-electron chi connectivity index (χ2n) is 7.38. The molecule has 0 unspecified atom stereocenters. The third-order valence-corrected chi connectivity index (χ3v) is 6.65. The molecule has 0 aliphatic rings. The molecule has 2 aromatic carbocycles. The number of hydrogen-bond acceptors (Lipinski definition) is 5. The zero-order chi connectivity index (χ0) is 23.5. The summed E-state index contributed by atoms with van der Waals surface area (Å²) in [6, 6.07) is 12.9. The number of carboxylic acids is 1. The number of carbonyl (C=O) groups is 1. The molecule has 0 saturated carbocycles. The van der Waals surface area contributed by atoms with Gasteiger partial charge in [0.05, 0.1) is 17.8 Å². The highest BCUT2D eigenvalue weighted by atomic mass is 32.2. The van der Waals surface area contributed by atoms with Crippen LogP contribution >= 0.6 is 0 Å². The van der Waals surface area contributed by atoms with Crippen LogP contribution in [0.5, 0.6) is 5.75 Å². The van der Waals surface area contributed by atoms with E-state index in [4.69, 9.17) is 14.3 Å². The van der Waals surface area contributed by atoms with Gasteiger partial charge in [0.15, 0.2) is 0 Å². The molecule has 32 heavy (non-hydrogen) atoms. The lowest BCUT2D eigenvalue weighted by Gasteiger charge is -2.25. The van der Waals surface area contributed by atoms with Crippen LogP contribution in [0, 0.1) is 20.8 Å². The number of nitrogens with zero attached hydrogens (tertiary/aromatic N) is 1. The maximum atomic E-state index is 13.3. The molecule has 0 radical (unpaired) electrons. The summed E-state index contributed by atoms with van der Waals surface area (Å²) >= 11 is 0. The summed E-state index contributed by atoms with van der Waals surface area (Å²) in [4.78, 5) is 11.0. The Morgan fingerprint density at radius 1 is 1.09 bits per heavy atom. The highest BCUT2D eigenvalue weighted by Gasteiger charge is 2.30. The fraction of sp³-hybridized carbons (Fsp3) is 0.208. The standard InChI is InChI=1S/C24H25NO6S/c1-5-12-25(32(28,29)23-11-6-18(4)31-23)21-13-16(2)17(3)14-22(21)30-15-19-7-9-20(10-8-19)24(26)27/h5-11,13-14H,1,12,15H2,2-4H3,(H,26,27). The van der Waals surface area contributed by atoms with Crippen molar-refractivity contribution >= 4 is 21.7 Å². The SMILES string of the molecule is C=CCN(c1cc(C)c(C)cc1OCc1ccc(C(=O)O)cc1)S(=O)(=O)c1ccc(C)o1. The lowest BCUT2D eigenvalue weighted by Crippen LogP contribution is -2.31. The van der Waals surface area contributed by atoms with Crippen LogP contribution in [0.4, 0.5) is 5.69 Å². The molecule has 0 bridgehead atoms. The molecule has 7 nitrogen and oxygen atoms in total. The molecule has 0 aliphatic carbocycles. The minimum atomic E-state index is -4.00. The van der Waals surface area contributed by atoms with Gasteiger partial charge in [-0.05, 0) is 73.9 Å². The lowest BCUT2D eigenvalue weighted by molar-refractivity contribution is 0.0697. The summed E-state index contributed by atoms with van der Waals surface area (Å²) < 4.78 is 39.3. The van der Waals surface area contributed by atoms with Gasteiger partial charge in [-0.2, -0.15) is 8.42 Å². The summed E-state index contributed by atoms with van der Waals surface area (Å²) in [6.07, 6.45) is 1.50. The van der Waals surface area contributed by atoms with Crippen molar-refractivity contribution in [3.8, 4) is 5.75 Å². The Kier molecular flexibility index (Phi) is 6.74. The minimum absolute atomic E-state index is 0.0221. The van der Waals surface area contributed by atoms with Crippen LogP contribution in [0.2, 0.25) is 0 Å². The van der Waals surface area contributed by atoms with Crippen molar-refractivity contribution in [2.45, 2.75) is 32.5 Å². The summed E-state index contributed by atoms with van der Waals surface area (Å²) in [5, 5.41) is 8.89. The van der Waals surface area contributed by atoms with Crippen molar-refractivity contribution in [3.05, 3.63) is 89.2 Å². The Balaban J connectivity index is 1.99. The highest BCUT2D eigenvalue weighted by Crippen LogP contribution is 2.36.